The van der Waals surface area contributed by atoms with Gasteiger partial charge in [-0.25, -0.2) is 9.78 Å². The van der Waals surface area contributed by atoms with Crippen molar-refractivity contribution in [3.05, 3.63) is 44.4 Å². The highest BCUT2D eigenvalue weighted by Gasteiger charge is 2.19. The first-order valence-electron chi connectivity index (χ1n) is 9.21. The molecular weight excluding hydrogens is 394 g/mol. The predicted molar refractivity (Wildman–Crippen MR) is 112 cm³/mol. The summed E-state index contributed by atoms with van der Waals surface area (Å²) < 4.78 is 13.6. The Labute approximate surface area is 170 Å². The van der Waals surface area contributed by atoms with E-state index in [1.54, 1.807) is 5.38 Å². The molecule has 0 bridgehead atoms. The second kappa shape index (κ2) is 7.63. The van der Waals surface area contributed by atoms with Crippen LogP contribution in [0.1, 0.15) is 13.3 Å². The first-order chi connectivity index (χ1) is 14.0. The molecule has 1 aliphatic rings. The lowest BCUT2D eigenvalue weighted by atomic mass is 10.2. The van der Waals surface area contributed by atoms with Crippen molar-refractivity contribution in [1.29, 1.82) is 0 Å². The molecule has 0 spiro atoms. The SMILES string of the molecule is CCCn1c(N)c(-c2csc(Nc3ccc4c(c3)OCCO4)n2)c(=O)n(C)c1=O. The van der Waals surface area contributed by atoms with Crippen LogP contribution in [0, 0.1) is 0 Å². The van der Waals surface area contributed by atoms with Crippen LogP contribution in [-0.2, 0) is 13.6 Å². The normalized spacial score (nSPS) is 12.8. The van der Waals surface area contributed by atoms with Crippen LogP contribution in [0.15, 0.2) is 33.2 Å². The van der Waals surface area contributed by atoms with Crippen LogP contribution in [0.25, 0.3) is 11.3 Å². The minimum Gasteiger partial charge on any atom is -0.486 e. The molecule has 4 rings (SSSR count). The van der Waals surface area contributed by atoms with Gasteiger partial charge < -0.3 is 20.5 Å². The fourth-order valence-electron chi connectivity index (χ4n) is 3.15. The molecule has 3 aromatic rings. The molecule has 0 unspecified atom stereocenters. The van der Waals surface area contributed by atoms with Gasteiger partial charge in [0.1, 0.15) is 24.6 Å². The molecule has 152 valence electrons. The molecule has 3 N–H and O–H groups in total. The van der Waals surface area contributed by atoms with Crippen LogP contribution in [0.4, 0.5) is 16.6 Å². The Balaban J connectivity index is 1.68. The van der Waals surface area contributed by atoms with Gasteiger partial charge in [0.05, 0.1) is 5.69 Å². The number of fused-ring (bicyclic) bond motifs is 1. The van der Waals surface area contributed by atoms with E-state index < -0.39 is 11.2 Å². The molecule has 0 saturated heterocycles. The number of nitrogens with one attached hydrogen (secondary N) is 1. The fourth-order valence-corrected chi connectivity index (χ4v) is 3.88. The van der Waals surface area contributed by atoms with Gasteiger partial charge in [-0.15, -0.1) is 11.3 Å². The number of hydrogen-bond donors (Lipinski definition) is 2. The molecule has 0 saturated carbocycles. The van der Waals surface area contributed by atoms with Gasteiger partial charge in [-0.3, -0.25) is 13.9 Å². The van der Waals surface area contributed by atoms with Gasteiger partial charge in [0, 0.05) is 30.7 Å². The van der Waals surface area contributed by atoms with Gasteiger partial charge >= 0.3 is 5.69 Å². The van der Waals surface area contributed by atoms with Crippen LogP contribution in [0.3, 0.4) is 0 Å². The molecule has 10 heteroatoms. The number of aromatic nitrogens is 3. The minimum atomic E-state index is -0.462. The van der Waals surface area contributed by atoms with Crippen LogP contribution in [0.2, 0.25) is 0 Å². The second-order valence-corrected chi connectivity index (χ2v) is 7.44. The van der Waals surface area contributed by atoms with Crippen molar-refractivity contribution in [1.82, 2.24) is 14.1 Å². The van der Waals surface area contributed by atoms with Crippen molar-refractivity contribution in [3.63, 3.8) is 0 Å². The van der Waals surface area contributed by atoms with Gasteiger partial charge in [0.15, 0.2) is 16.6 Å². The third-order valence-electron chi connectivity index (χ3n) is 4.58. The molecule has 0 atom stereocenters. The van der Waals surface area contributed by atoms with Gasteiger partial charge in [-0.1, -0.05) is 6.92 Å². The van der Waals surface area contributed by atoms with E-state index in [2.05, 4.69) is 10.3 Å². The summed E-state index contributed by atoms with van der Waals surface area (Å²) in [6.07, 6.45) is 0.718. The zero-order valence-electron chi connectivity index (χ0n) is 16.1. The van der Waals surface area contributed by atoms with E-state index in [4.69, 9.17) is 15.2 Å². The largest absolute Gasteiger partial charge is 0.486 e. The molecule has 0 aliphatic carbocycles. The van der Waals surface area contributed by atoms with Crippen molar-refractivity contribution < 1.29 is 9.47 Å². The van der Waals surface area contributed by atoms with E-state index >= 15 is 0 Å². The quantitative estimate of drug-likeness (QED) is 0.656. The molecule has 1 aromatic carbocycles. The lowest BCUT2D eigenvalue weighted by Gasteiger charge is -2.18. The molecule has 29 heavy (non-hydrogen) atoms. The van der Waals surface area contributed by atoms with Gasteiger partial charge in [-0.2, -0.15) is 0 Å². The Kier molecular flexibility index (Phi) is 5.01. The highest BCUT2D eigenvalue weighted by molar-refractivity contribution is 7.14. The summed E-state index contributed by atoms with van der Waals surface area (Å²) in [5.41, 5.74) is 6.73. The van der Waals surface area contributed by atoms with Crippen molar-refractivity contribution >= 4 is 28.0 Å². The van der Waals surface area contributed by atoms with E-state index in [1.807, 2.05) is 25.1 Å². The van der Waals surface area contributed by atoms with Crippen molar-refractivity contribution in [2.24, 2.45) is 7.05 Å². The predicted octanol–water partition coefficient (Wildman–Crippen LogP) is 2.18. The van der Waals surface area contributed by atoms with Crippen LogP contribution < -0.4 is 31.8 Å². The smallest absolute Gasteiger partial charge is 0.332 e. The molecule has 0 amide bonds. The summed E-state index contributed by atoms with van der Waals surface area (Å²) in [6.45, 7) is 3.41. The maximum atomic E-state index is 12.7. The Morgan fingerprint density at radius 1 is 1.24 bits per heavy atom. The van der Waals surface area contributed by atoms with E-state index in [0.717, 1.165) is 16.7 Å². The highest BCUT2D eigenvalue weighted by Crippen LogP contribution is 2.34. The van der Waals surface area contributed by atoms with Gasteiger partial charge in [0.25, 0.3) is 5.56 Å². The summed E-state index contributed by atoms with van der Waals surface area (Å²) >= 11 is 1.34. The molecule has 0 fully saturated rings. The summed E-state index contributed by atoms with van der Waals surface area (Å²) in [5.74, 6) is 1.51. The highest BCUT2D eigenvalue weighted by atomic mass is 32.1. The Morgan fingerprint density at radius 3 is 2.76 bits per heavy atom. The Hall–Kier alpha value is -3.27. The molecule has 3 heterocycles. The average Bonchev–Trinajstić information content (AvgIpc) is 3.17. The molecule has 9 nitrogen and oxygen atoms in total. The van der Waals surface area contributed by atoms with Crippen molar-refractivity contribution in [2.75, 3.05) is 24.3 Å². The van der Waals surface area contributed by atoms with Crippen LogP contribution in [-0.4, -0.2) is 27.3 Å². The number of nitrogen functional groups attached to an aromatic ring is 1. The number of nitrogens with two attached hydrogens (primary N) is 1. The number of hydrogen-bond acceptors (Lipinski definition) is 8. The lowest BCUT2D eigenvalue weighted by molar-refractivity contribution is 0.171. The van der Waals surface area contributed by atoms with E-state index in [-0.39, 0.29) is 11.4 Å². The summed E-state index contributed by atoms with van der Waals surface area (Å²) in [6, 6.07) is 5.54. The molecule has 0 radical (unpaired) electrons. The first kappa shape index (κ1) is 19.1. The van der Waals surface area contributed by atoms with Crippen LogP contribution >= 0.6 is 11.3 Å². The Morgan fingerprint density at radius 2 is 2.00 bits per heavy atom. The zero-order chi connectivity index (χ0) is 20.5. The molecular formula is C19H21N5O4S. The molecule has 2 aromatic heterocycles. The Bertz CT molecular complexity index is 1180. The third-order valence-corrected chi connectivity index (χ3v) is 5.34. The summed E-state index contributed by atoms with van der Waals surface area (Å²) in [4.78, 5) is 29.5. The second-order valence-electron chi connectivity index (χ2n) is 6.58. The van der Waals surface area contributed by atoms with Crippen LogP contribution in [0.5, 0.6) is 11.5 Å². The maximum Gasteiger partial charge on any atom is 0.332 e. The molecule has 1 aliphatic heterocycles. The van der Waals surface area contributed by atoms with E-state index in [1.165, 1.54) is 23.0 Å². The number of nitrogens with zero attached hydrogens (tertiary/aromatic N) is 3. The van der Waals surface area contributed by atoms with E-state index in [0.29, 0.717) is 42.1 Å². The number of thiazole rings is 1. The van der Waals surface area contributed by atoms with Crippen molar-refractivity contribution in [3.8, 4) is 22.8 Å². The zero-order valence-corrected chi connectivity index (χ0v) is 16.9. The number of anilines is 3. The monoisotopic (exact) mass is 415 g/mol. The van der Waals surface area contributed by atoms with Gasteiger partial charge in [-0.05, 0) is 18.6 Å². The first-order valence-corrected chi connectivity index (χ1v) is 10.1. The maximum absolute atomic E-state index is 12.7. The third kappa shape index (κ3) is 3.46. The topological polar surface area (TPSA) is 113 Å². The summed E-state index contributed by atoms with van der Waals surface area (Å²) in [5, 5.41) is 5.54. The number of rotatable bonds is 5. The summed E-state index contributed by atoms with van der Waals surface area (Å²) in [7, 11) is 1.44. The van der Waals surface area contributed by atoms with Gasteiger partial charge in [0.2, 0.25) is 0 Å². The fraction of sp³-hybridized carbons (Fsp3) is 0.316. The number of benzene rings is 1. The van der Waals surface area contributed by atoms with E-state index in [9.17, 15) is 9.59 Å². The number of ether oxygens (including phenoxy) is 2. The lowest BCUT2D eigenvalue weighted by Crippen LogP contribution is -2.40. The van der Waals surface area contributed by atoms with Crippen molar-refractivity contribution in [2.45, 2.75) is 19.9 Å². The minimum absolute atomic E-state index is 0.135. The average molecular weight is 415 g/mol. The standard InChI is InChI=1S/C19H21N5O4S/c1-3-6-24-16(20)15(17(25)23(2)19(24)26)12-10-29-18(22-12)21-11-4-5-13-14(9-11)28-8-7-27-13/h4-5,9-10H,3,6-8,20H2,1-2H3,(H,21,22).